The monoisotopic (exact) mass is 437 g/mol. The predicted octanol–water partition coefficient (Wildman–Crippen LogP) is 4.45. The quantitative estimate of drug-likeness (QED) is 0.605. The summed E-state index contributed by atoms with van der Waals surface area (Å²) in [5.74, 6) is 2.44. The molecule has 0 amide bonds. The summed E-state index contributed by atoms with van der Waals surface area (Å²) in [6.07, 6.45) is 5.93. The Morgan fingerprint density at radius 3 is 2.61 bits per heavy atom. The van der Waals surface area contributed by atoms with E-state index in [4.69, 9.17) is 9.72 Å². The summed E-state index contributed by atoms with van der Waals surface area (Å²) in [6.45, 7) is 4.36. The van der Waals surface area contributed by atoms with Gasteiger partial charge in [-0.2, -0.15) is 0 Å². The van der Waals surface area contributed by atoms with Crippen LogP contribution in [0, 0.1) is 5.92 Å². The van der Waals surface area contributed by atoms with Gasteiger partial charge in [-0.25, -0.2) is 4.98 Å². The highest BCUT2D eigenvalue weighted by atomic mass is 32.1. The van der Waals surface area contributed by atoms with E-state index < -0.39 is 0 Å². The molecule has 1 atom stereocenters. The molecule has 0 N–H and O–H groups in total. The van der Waals surface area contributed by atoms with Gasteiger partial charge in [0.25, 0.3) is 5.56 Å². The second-order valence-electron chi connectivity index (χ2n) is 9.29. The number of methoxy groups -OCH3 is 1. The van der Waals surface area contributed by atoms with Gasteiger partial charge in [0.05, 0.1) is 12.5 Å². The highest BCUT2D eigenvalue weighted by molar-refractivity contribution is 7.18. The lowest BCUT2D eigenvalue weighted by Gasteiger charge is -2.31. The minimum absolute atomic E-state index is 0.190. The smallest absolute Gasteiger partial charge is 0.262 e. The number of thiophene rings is 1. The first kappa shape index (κ1) is 20.7. The van der Waals surface area contributed by atoms with Crippen molar-refractivity contribution in [3.63, 3.8) is 0 Å². The number of fused-ring (bicyclic) bond motifs is 3. The highest BCUT2D eigenvalue weighted by Gasteiger charge is 2.28. The number of nitrogens with zero attached hydrogens (tertiary/aromatic N) is 3. The highest BCUT2D eigenvalue weighted by Crippen LogP contribution is 2.36. The van der Waals surface area contributed by atoms with Gasteiger partial charge in [-0.15, -0.1) is 11.3 Å². The van der Waals surface area contributed by atoms with Crippen molar-refractivity contribution in [1.29, 1.82) is 0 Å². The van der Waals surface area contributed by atoms with Gasteiger partial charge in [0.1, 0.15) is 16.4 Å². The Morgan fingerprint density at radius 1 is 1.16 bits per heavy atom. The van der Waals surface area contributed by atoms with Gasteiger partial charge in [0, 0.05) is 17.3 Å². The molecule has 1 unspecified atom stereocenters. The Labute approximate surface area is 187 Å². The third kappa shape index (κ3) is 3.92. The number of benzene rings is 1. The summed E-state index contributed by atoms with van der Waals surface area (Å²) in [6, 6.07) is 8.35. The lowest BCUT2D eigenvalue weighted by molar-refractivity contribution is 0.216. The van der Waals surface area contributed by atoms with Gasteiger partial charge in [-0.3, -0.25) is 9.36 Å². The average molecular weight is 438 g/mol. The molecule has 31 heavy (non-hydrogen) atoms. The number of piperidine rings is 1. The van der Waals surface area contributed by atoms with E-state index in [9.17, 15) is 4.79 Å². The van der Waals surface area contributed by atoms with E-state index in [1.54, 1.807) is 18.4 Å². The summed E-state index contributed by atoms with van der Waals surface area (Å²) >= 11 is 1.75. The van der Waals surface area contributed by atoms with E-state index in [2.05, 4.69) is 35.6 Å². The Kier molecular flexibility index (Phi) is 5.61. The van der Waals surface area contributed by atoms with Crippen LogP contribution in [0.15, 0.2) is 29.1 Å². The normalized spacial score (nSPS) is 20.2. The number of ether oxygens (including phenoxy) is 1. The fourth-order valence-corrected chi connectivity index (χ4v) is 6.52. The molecule has 1 saturated heterocycles. The van der Waals surface area contributed by atoms with Gasteiger partial charge < -0.3 is 9.64 Å². The molecule has 5 nitrogen and oxygen atoms in total. The zero-order chi connectivity index (χ0) is 21.5. The molecule has 1 aromatic carbocycles. The number of rotatable bonds is 4. The van der Waals surface area contributed by atoms with Crippen molar-refractivity contribution in [2.24, 2.45) is 5.92 Å². The zero-order valence-corrected chi connectivity index (χ0v) is 19.5. The first-order valence-corrected chi connectivity index (χ1v) is 12.2. The first-order valence-electron chi connectivity index (χ1n) is 11.4. The van der Waals surface area contributed by atoms with Crippen LogP contribution in [0.25, 0.3) is 10.2 Å². The predicted molar refractivity (Wildman–Crippen MR) is 127 cm³/mol. The molecule has 6 heteroatoms. The van der Waals surface area contributed by atoms with Crippen molar-refractivity contribution in [2.45, 2.75) is 51.5 Å². The van der Waals surface area contributed by atoms with Gasteiger partial charge in [0.2, 0.25) is 0 Å². The maximum atomic E-state index is 13.9. The second-order valence-corrected chi connectivity index (χ2v) is 10.4. The molecule has 1 aliphatic heterocycles. The number of hydrogen-bond acceptors (Lipinski definition) is 5. The molecule has 0 saturated carbocycles. The molecule has 3 heterocycles. The summed E-state index contributed by atoms with van der Waals surface area (Å²) < 4.78 is 7.37. The Morgan fingerprint density at radius 2 is 1.90 bits per heavy atom. The van der Waals surface area contributed by atoms with Crippen molar-refractivity contribution in [3.05, 3.63) is 56.4 Å². The molecule has 0 bridgehead atoms. The van der Waals surface area contributed by atoms with E-state index in [-0.39, 0.29) is 11.6 Å². The Bertz CT molecular complexity index is 1140. The van der Waals surface area contributed by atoms with E-state index in [0.717, 1.165) is 66.1 Å². The van der Waals surface area contributed by atoms with Crippen LogP contribution in [-0.2, 0) is 19.3 Å². The third-order valence-electron chi connectivity index (χ3n) is 7.01. The fourth-order valence-electron chi connectivity index (χ4n) is 5.12. The van der Waals surface area contributed by atoms with E-state index in [1.807, 2.05) is 12.1 Å². The first-order chi connectivity index (χ1) is 15.0. The van der Waals surface area contributed by atoms with Crippen LogP contribution < -0.4 is 10.3 Å². The summed E-state index contributed by atoms with van der Waals surface area (Å²) in [4.78, 5) is 23.7. The van der Waals surface area contributed by atoms with Crippen LogP contribution >= 0.6 is 11.3 Å². The number of hydrogen-bond donors (Lipinski definition) is 0. The molecule has 5 rings (SSSR count). The van der Waals surface area contributed by atoms with Gasteiger partial charge in [-0.1, -0.05) is 19.1 Å². The molecule has 164 valence electrons. The summed E-state index contributed by atoms with van der Waals surface area (Å²) in [5.41, 5.74) is 2.63. The number of likely N-dealkylation sites (tertiary alicyclic amines) is 1. The summed E-state index contributed by atoms with van der Waals surface area (Å²) in [5, 5.41) is 0.907. The Hall–Kier alpha value is -2.18. The summed E-state index contributed by atoms with van der Waals surface area (Å²) in [7, 11) is 3.84. The van der Waals surface area contributed by atoms with Crippen LogP contribution in [-0.4, -0.2) is 41.7 Å². The lowest BCUT2D eigenvalue weighted by atomic mass is 9.89. The maximum Gasteiger partial charge on any atom is 0.262 e. The minimum Gasteiger partial charge on any atom is -0.497 e. The largest absolute Gasteiger partial charge is 0.497 e. The molecule has 0 radical (unpaired) electrons. The number of aromatic nitrogens is 2. The van der Waals surface area contributed by atoms with Crippen molar-refractivity contribution < 1.29 is 4.74 Å². The SMILES string of the molecule is COc1ccc(Cc2nc3sc4c(c3c(=O)n2C2CCN(C)CC2)CCC(C)C4)cc1. The van der Waals surface area contributed by atoms with Crippen LogP contribution in [0.2, 0.25) is 0 Å². The maximum absolute atomic E-state index is 13.9. The molecule has 1 aliphatic carbocycles. The van der Waals surface area contributed by atoms with Crippen LogP contribution in [0.4, 0.5) is 0 Å². The van der Waals surface area contributed by atoms with E-state index in [0.29, 0.717) is 12.3 Å². The molecule has 1 fully saturated rings. The zero-order valence-electron chi connectivity index (χ0n) is 18.7. The lowest BCUT2D eigenvalue weighted by Crippen LogP contribution is -2.37. The van der Waals surface area contributed by atoms with E-state index >= 15 is 0 Å². The van der Waals surface area contributed by atoms with Crippen molar-refractivity contribution in [1.82, 2.24) is 14.5 Å². The van der Waals surface area contributed by atoms with Crippen molar-refractivity contribution in [3.8, 4) is 5.75 Å². The van der Waals surface area contributed by atoms with Gasteiger partial charge in [0.15, 0.2) is 0 Å². The minimum atomic E-state index is 0.190. The number of aryl methyl sites for hydroxylation is 1. The van der Waals surface area contributed by atoms with Crippen molar-refractivity contribution in [2.75, 3.05) is 27.2 Å². The molecule has 2 aromatic heterocycles. The molecule has 2 aliphatic rings. The fraction of sp³-hybridized carbons (Fsp3) is 0.520. The Balaban J connectivity index is 1.63. The molecule has 0 spiro atoms. The van der Waals surface area contributed by atoms with Crippen LogP contribution in [0.1, 0.15) is 54.1 Å². The van der Waals surface area contributed by atoms with E-state index in [1.165, 1.54) is 16.9 Å². The molecular weight excluding hydrogens is 406 g/mol. The third-order valence-corrected chi connectivity index (χ3v) is 8.16. The van der Waals surface area contributed by atoms with Gasteiger partial charge >= 0.3 is 0 Å². The second kappa shape index (κ2) is 8.40. The topological polar surface area (TPSA) is 47.4 Å². The van der Waals surface area contributed by atoms with Crippen LogP contribution in [0.5, 0.6) is 5.75 Å². The average Bonchev–Trinajstić information content (AvgIpc) is 3.13. The van der Waals surface area contributed by atoms with Gasteiger partial charge in [-0.05, 0) is 81.4 Å². The standard InChI is InChI=1S/C25H31N3O2S/c1-16-4-9-20-21(14-16)31-24-23(20)25(29)28(18-10-12-27(2)13-11-18)22(26-24)15-17-5-7-19(30-3)8-6-17/h5-8,16,18H,4,9-15H2,1-3H3. The van der Waals surface area contributed by atoms with Crippen molar-refractivity contribution >= 4 is 21.6 Å². The molecule has 3 aromatic rings. The molecular formula is C25H31N3O2S. The van der Waals surface area contributed by atoms with Crippen LogP contribution in [0.3, 0.4) is 0 Å².